The number of carbonyl (C=O) groups is 1. The molecule has 0 saturated heterocycles. The van der Waals surface area contributed by atoms with E-state index < -0.39 is 5.97 Å². The molecule has 1 aromatic heterocycles. The molecule has 0 aliphatic rings. The Bertz CT molecular complexity index is 619. The summed E-state index contributed by atoms with van der Waals surface area (Å²) in [5.74, 6) is -0.431. The minimum atomic E-state index is -1.04. The molecule has 0 bridgehead atoms. The molecule has 1 aromatic carbocycles. The Kier molecular flexibility index (Phi) is 3.95. The maximum atomic E-state index is 10.9. The molecule has 0 saturated carbocycles. The minimum Gasteiger partial charge on any atom is -0.475 e. The van der Waals surface area contributed by atoms with Gasteiger partial charge in [-0.05, 0) is 37.6 Å². The summed E-state index contributed by atoms with van der Waals surface area (Å²) in [6.45, 7) is 4.18. The van der Waals surface area contributed by atoms with E-state index in [1.54, 1.807) is 13.0 Å². The molecule has 0 fully saturated rings. The van der Waals surface area contributed by atoms with Crippen molar-refractivity contribution in [1.82, 2.24) is 0 Å². The van der Waals surface area contributed by atoms with E-state index in [9.17, 15) is 4.79 Å². The van der Waals surface area contributed by atoms with Gasteiger partial charge in [-0.2, -0.15) is 0 Å². The summed E-state index contributed by atoms with van der Waals surface area (Å²) in [7, 11) is 0. The maximum absolute atomic E-state index is 10.9. The van der Waals surface area contributed by atoms with Crippen LogP contribution in [0.2, 0.25) is 0 Å². The van der Waals surface area contributed by atoms with Crippen LogP contribution in [0.1, 0.15) is 27.4 Å². The highest BCUT2D eigenvalue weighted by Crippen LogP contribution is 2.22. The number of benzene rings is 1. The van der Waals surface area contributed by atoms with Crippen molar-refractivity contribution in [3.8, 4) is 0 Å². The van der Waals surface area contributed by atoms with Gasteiger partial charge in [0.25, 0.3) is 0 Å². The molecule has 2 aromatic rings. The number of aryl methyl sites for hydroxylation is 2. The predicted molar refractivity (Wildman–Crippen MR) is 76.6 cm³/mol. The number of carboxylic acids is 1. The Labute approximate surface area is 119 Å². The topological polar surface area (TPSA) is 62.5 Å². The van der Waals surface area contributed by atoms with E-state index in [1.165, 1.54) is 0 Å². The maximum Gasteiger partial charge on any atom is 0.372 e. The fourth-order valence-electron chi connectivity index (χ4n) is 1.81. The van der Waals surface area contributed by atoms with Crippen LogP contribution >= 0.6 is 15.9 Å². The molecule has 5 heteroatoms. The van der Waals surface area contributed by atoms with Gasteiger partial charge in [-0.1, -0.05) is 22.0 Å². The highest BCUT2D eigenvalue weighted by atomic mass is 79.9. The van der Waals surface area contributed by atoms with Gasteiger partial charge in [-0.3, -0.25) is 0 Å². The summed E-state index contributed by atoms with van der Waals surface area (Å²) in [5, 5.41) is 12.2. The molecule has 0 aliphatic carbocycles. The van der Waals surface area contributed by atoms with Crippen LogP contribution in [0.25, 0.3) is 0 Å². The molecule has 2 N–H and O–H groups in total. The van der Waals surface area contributed by atoms with Crippen molar-refractivity contribution >= 4 is 27.6 Å². The third-order valence-electron chi connectivity index (χ3n) is 2.82. The first-order valence-electron chi connectivity index (χ1n) is 5.80. The minimum absolute atomic E-state index is 0.00256. The summed E-state index contributed by atoms with van der Waals surface area (Å²) in [6.07, 6.45) is 0. The SMILES string of the molecule is Cc1ccc(Br)cc1NCc1cc(C)c(C(=O)O)o1. The zero-order valence-corrected chi connectivity index (χ0v) is 12.2. The first-order valence-corrected chi connectivity index (χ1v) is 6.59. The number of anilines is 1. The lowest BCUT2D eigenvalue weighted by molar-refractivity contribution is 0.0659. The number of rotatable bonds is 4. The Balaban J connectivity index is 2.12. The zero-order chi connectivity index (χ0) is 14.0. The molecule has 100 valence electrons. The monoisotopic (exact) mass is 323 g/mol. The Hall–Kier alpha value is -1.75. The lowest BCUT2D eigenvalue weighted by atomic mass is 10.2. The van der Waals surface area contributed by atoms with Crippen molar-refractivity contribution in [2.24, 2.45) is 0 Å². The van der Waals surface area contributed by atoms with Crippen LogP contribution in [0.5, 0.6) is 0 Å². The predicted octanol–water partition coefficient (Wildman–Crippen LogP) is 3.97. The van der Waals surface area contributed by atoms with E-state index in [4.69, 9.17) is 9.52 Å². The number of furan rings is 1. The van der Waals surface area contributed by atoms with Gasteiger partial charge in [0.15, 0.2) is 0 Å². The van der Waals surface area contributed by atoms with Gasteiger partial charge in [-0.25, -0.2) is 4.79 Å². The number of aromatic carboxylic acids is 1. The van der Waals surface area contributed by atoms with E-state index in [2.05, 4.69) is 21.2 Å². The largest absolute Gasteiger partial charge is 0.475 e. The van der Waals surface area contributed by atoms with E-state index in [0.717, 1.165) is 15.7 Å². The molecule has 1 heterocycles. The molecular weight excluding hydrogens is 310 g/mol. The summed E-state index contributed by atoms with van der Waals surface area (Å²) < 4.78 is 6.28. The summed E-state index contributed by atoms with van der Waals surface area (Å²) >= 11 is 3.42. The molecule has 0 aliphatic heterocycles. The molecule has 19 heavy (non-hydrogen) atoms. The third-order valence-corrected chi connectivity index (χ3v) is 3.31. The van der Waals surface area contributed by atoms with Crippen LogP contribution in [0, 0.1) is 13.8 Å². The van der Waals surface area contributed by atoms with Gasteiger partial charge in [0.05, 0.1) is 6.54 Å². The fourth-order valence-corrected chi connectivity index (χ4v) is 2.18. The Morgan fingerprint density at radius 2 is 2.05 bits per heavy atom. The van der Waals surface area contributed by atoms with Gasteiger partial charge in [0.1, 0.15) is 5.76 Å². The van der Waals surface area contributed by atoms with Gasteiger partial charge < -0.3 is 14.8 Å². The standard InChI is InChI=1S/C14H14BrNO3/c1-8-3-4-10(15)6-12(8)16-7-11-5-9(2)13(19-11)14(17)18/h3-6,16H,7H2,1-2H3,(H,17,18). The van der Waals surface area contributed by atoms with Gasteiger partial charge in [-0.15, -0.1) is 0 Å². The fraction of sp³-hybridized carbons (Fsp3) is 0.214. The van der Waals surface area contributed by atoms with E-state index in [0.29, 0.717) is 17.9 Å². The van der Waals surface area contributed by atoms with Crippen LogP contribution < -0.4 is 5.32 Å². The van der Waals surface area contributed by atoms with Crippen LogP contribution in [0.3, 0.4) is 0 Å². The average Bonchev–Trinajstić information content (AvgIpc) is 2.72. The highest BCUT2D eigenvalue weighted by Gasteiger charge is 2.14. The van der Waals surface area contributed by atoms with Crippen LogP contribution in [0.15, 0.2) is 33.2 Å². The number of hydrogen-bond acceptors (Lipinski definition) is 3. The van der Waals surface area contributed by atoms with Crippen molar-refractivity contribution in [3.05, 3.63) is 51.4 Å². The Morgan fingerprint density at radius 1 is 1.32 bits per heavy atom. The molecular formula is C14H14BrNO3. The van der Waals surface area contributed by atoms with Gasteiger partial charge in [0, 0.05) is 15.7 Å². The third kappa shape index (κ3) is 3.17. The molecule has 4 nitrogen and oxygen atoms in total. The molecule has 0 spiro atoms. The smallest absolute Gasteiger partial charge is 0.372 e. The number of carboxylic acid groups (broad SMARTS) is 1. The first-order chi connectivity index (χ1) is 8.97. The molecule has 0 radical (unpaired) electrons. The highest BCUT2D eigenvalue weighted by molar-refractivity contribution is 9.10. The molecule has 0 unspecified atom stereocenters. The lowest BCUT2D eigenvalue weighted by Gasteiger charge is -2.08. The van der Waals surface area contributed by atoms with Crippen molar-refractivity contribution in [2.75, 3.05) is 5.32 Å². The van der Waals surface area contributed by atoms with Crippen LogP contribution in [0.4, 0.5) is 5.69 Å². The normalized spacial score (nSPS) is 10.5. The second-order valence-electron chi connectivity index (χ2n) is 4.34. The molecule has 0 amide bonds. The second kappa shape index (κ2) is 5.48. The van der Waals surface area contributed by atoms with E-state index in [-0.39, 0.29) is 5.76 Å². The summed E-state index contributed by atoms with van der Waals surface area (Å²) in [5.41, 5.74) is 2.74. The van der Waals surface area contributed by atoms with Crippen molar-refractivity contribution in [2.45, 2.75) is 20.4 Å². The van der Waals surface area contributed by atoms with E-state index >= 15 is 0 Å². The first kappa shape index (κ1) is 13.7. The van der Waals surface area contributed by atoms with E-state index in [1.807, 2.05) is 25.1 Å². The van der Waals surface area contributed by atoms with Crippen molar-refractivity contribution < 1.29 is 14.3 Å². The van der Waals surface area contributed by atoms with Crippen molar-refractivity contribution in [1.29, 1.82) is 0 Å². The van der Waals surface area contributed by atoms with Crippen molar-refractivity contribution in [3.63, 3.8) is 0 Å². The molecule has 2 rings (SSSR count). The quantitative estimate of drug-likeness (QED) is 0.893. The molecule has 0 atom stereocenters. The Morgan fingerprint density at radius 3 is 2.68 bits per heavy atom. The summed E-state index contributed by atoms with van der Waals surface area (Å²) in [4.78, 5) is 10.9. The van der Waals surface area contributed by atoms with Gasteiger partial charge >= 0.3 is 5.97 Å². The lowest BCUT2D eigenvalue weighted by Crippen LogP contribution is -2.00. The summed E-state index contributed by atoms with van der Waals surface area (Å²) in [6, 6.07) is 7.69. The number of halogens is 1. The average molecular weight is 324 g/mol. The number of nitrogens with one attached hydrogen (secondary N) is 1. The zero-order valence-electron chi connectivity index (χ0n) is 10.7. The van der Waals surface area contributed by atoms with Gasteiger partial charge in [0.2, 0.25) is 5.76 Å². The number of hydrogen-bond donors (Lipinski definition) is 2. The second-order valence-corrected chi connectivity index (χ2v) is 5.26. The van der Waals surface area contributed by atoms with Crippen LogP contribution in [-0.2, 0) is 6.54 Å². The van der Waals surface area contributed by atoms with Crippen LogP contribution in [-0.4, -0.2) is 11.1 Å².